The number of hydrogen-bond donors (Lipinski definition) is 1. The molecule has 0 aliphatic heterocycles. The van der Waals surface area contributed by atoms with Gasteiger partial charge in [-0.15, -0.1) is 0 Å². The quantitative estimate of drug-likeness (QED) is 0.854. The highest BCUT2D eigenvalue weighted by atomic mass is 32.1. The molecule has 1 fully saturated rings. The van der Waals surface area contributed by atoms with Gasteiger partial charge < -0.3 is 10.1 Å². The number of nitrogens with one attached hydrogen (secondary N) is 1. The monoisotopic (exact) mass is 330 g/mol. The van der Waals surface area contributed by atoms with Crippen molar-refractivity contribution in [1.82, 2.24) is 4.98 Å². The van der Waals surface area contributed by atoms with Crippen LogP contribution in [0.1, 0.15) is 40.2 Å². The zero-order valence-corrected chi connectivity index (χ0v) is 13.9. The number of thiazole rings is 1. The van der Waals surface area contributed by atoms with Crippen molar-refractivity contribution in [3.05, 3.63) is 46.5 Å². The lowest BCUT2D eigenvalue weighted by molar-refractivity contribution is -0.117. The smallest absolute Gasteiger partial charge is 0.350 e. The van der Waals surface area contributed by atoms with Crippen LogP contribution in [0.15, 0.2) is 30.3 Å². The fourth-order valence-corrected chi connectivity index (χ4v) is 3.45. The fraction of sp³-hybridized carbons (Fsp3) is 0.353. The molecule has 0 saturated heterocycles. The minimum Gasteiger partial charge on any atom is -0.462 e. The number of hydrogen-bond acceptors (Lipinski definition) is 5. The summed E-state index contributed by atoms with van der Waals surface area (Å²) in [5.41, 5.74) is 1.77. The summed E-state index contributed by atoms with van der Waals surface area (Å²) in [6.45, 7) is 3.81. The first kappa shape index (κ1) is 15.7. The van der Waals surface area contributed by atoms with E-state index >= 15 is 0 Å². The van der Waals surface area contributed by atoms with Crippen molar-refractivity contribution in [1.29, 1.82) is 0 Å². The van der Waals surface area contributed by atoms with E-state index in [9.17, 15) is 9.59 Å². The van der Waals surface area contributed by atoms with Gasteiger partial charge in [0.25, 0.3) is 0 Å². The molecule has 23 heavy (non-hydrogen) atoms. The van der Waals surface area contributed by atoms with Gasteiger partial charge in [0.2, 0.25) is 5.91 Å². The van der Waals surface area contributed by atoms with Crippen LogP contribution in [0.4, 0.5) is 5.13 Å². The first-order valence-corrected chi connectivity index (χ1v) is 8.42. The van der Waals surface area contributed by atoms with E-state index in [4.69, 9.17) is 4.74 Å². The highest BCUT2D eigenvalue weighted by Crippen LogP contribution is 2.48. The third-order valence-electron chi connectivity index (χ3n) is 3.84. The minimum absolute atomic E-state index is 0.0207. The van der Waals surface area contributed by atoms with Gasteiger partial charge in [0, 0.05) is 5.92 Å². The molecular formula is C17H18N2O3S. The summed E-state index contributed by atoms with van der Waals surface area (Å²) in [6.07, 6.45) is 0.852. The number of aryl methyl sites for hydroxylation is 1. The van der Waals surface area contributed by atoms with Crippen LogP contribution in [-0.4, -0.2) is 23.5 Å². The van der Waals surface area contributed by atoms with Crippen molar-refractivity contribution in [3.8, 4) is 0 Å². The molecule has 2 aromatic rings. The Labute approximate surface area is 138 Å². The van der Waals surface area contributed by atoms with Crippen molar-refractivity contribution < 1.29 is 14.3 Å². The zero-order chi connectivity index (χ0) is 16.4. The number of esters is 1. The number of nitrogens with zero attached hydrogens (tertiary/aromatic N) is 1. The Kier molecular flexibility index (Phi) is 4.43. The molecule has 1 aliphatic carbocycles. The van der Waals surface area contributed by atoms with Gasteiger partial charge in [-0.1, -0.05) is 41.7 Å². The average Bonchev–Trinajstić information content (AvgIpc) is 3.26. The third-order valence-corrected chi connectivity index (χ3v) is 4.90. The average molecular weight is 330 g/mol. The predicted octanol–water partition coefficient (Wildman–Crippen LogP) is 3.37. The van der Waals surface area contributed by atoms with E-state index in [2.05, 4.69) is 10.3 Å². The molecule has 6 heteroatoms. The summed E-state index contributed by atoms with van der Waals surface area (Å²) in [4.78, 5) is 28.8. The second-order valence-corrected chi connectivity index (χ2v) is 6.50. The molecule has 1 N–H and O–H groups in total. The van der Waals surface area contributed by atoms with Crippen molar-refractivity contribution in [2.45, 2.75) is 26.2 Å². The number of benzene rings is 1. The standard InChI is InChI=1S/C17H18N2O3S/c1-3-22-16(21)14-10(2)18-17(23-14)19-15(20)13-9-12(13)11-7-5-4-6-8-11/h4-8,12-13H,3,9H2,1-2H3,(H,18,19,20). The lowest BCUT2D eigenvalue weighted by Gasteiger charge is -2.01. The Balaban J connectivity index is 1.63. The first-order valence-electron chi connectivity index (χ1n) is 7.60. The molecule has 0 radical (unpaired) electrons. The van der Waals surface area contributed by atoms with Gasteiger partial charge in [-0.3, -0.25) is 4.79 Å². The normalized spacial score (nSPS) is 19.2. The summed E-state index contributed by atoms with van der Waals surface area (Å²) in [5.74, 6) is -0.172. The molecular weight excluding hydrogens is 312 g/mol. The molecule has 0 spiro atoms. The van der Waals surface area contributed by atoms with Crippen LogP contribution in [0.5, 0.6) is 0 Å². The maximum absolute atomic E-state index is 12.3. The van der Waals surface area contributed by atoms with E-state index in [1.807, 2.05) is 30.3 Å². The van der Waals surface area contributed by atoms with Gasteiger partial charge in [0.15, 0.2) is 5.13 Å². The molecule has 120 valence electrons. The topological polar surface area (TPSA) is 68.3 Å². The Hall–Kier alpha value is -2.21. The Bertz CT molecular complexity index is 727. The van der Waals surface area contributed by atoms with Crippen LogP contribution in [0.3, 0.4) is 0 Å². The Morgan fingerprint density at radius 1 is 1.35 bits per heavy atom. The van der Waals surface area contributed by atoms with Crippen LogP contribution >= 0.6 is 11.3 Å². The number of carbonyl (C=O) groups excluding carboxylic acids is 2. The van der Waals surface area contributed by atoms with Crippen LogP contribution in [0.2, 0.25) is 0 Å². The van der Waals surface area contributed by atoms with E-state index in [1.165, 1.54) is 5.56 Å². The number of amides is 1. The van der Waals surface area contributed by atoms with Crippen molar-refractivity contribution in [3.63, 3.8) is 0 Å². The summed E-state index contributed by atoms with van der Waals surface area (Å²) in [7, 11) is 0. The van der Waals surface area contributed by atoms with Gasteiger partial charge in [-0.25, -0.2) is 9.78 Å². The molecule has 1 saturated carbocycles. The molecule has 1 aliphatic rings. The third kappa shape index (κ3) is 3.42. The van der Waals surface area contributed by atoms with Crippen LogP contribution in [-0.2, 0) is 9.53 Å². The molecule has 1 heterocycles. The number of ether oxygens (including phenoxy) is 1. The number of anilines is 1. The summed E-state index contributed by atoms with van der Waals surface area (Å²) in [5, 5.41) is 3.28. The molecule has 1 amide bonds. The first-order chi connectivity index (χ1) is 11.1. The SMILES string of the molecule is CCOC(=O)c1sc(NC(=O)C2CC2c2ccccc2)nc1C. The van der Waals surface area contributed by atoms with E-state index in [0.29, 0.717) is 22.3 Å². The maximum Gasteiger partial charge on any atom is 0.350 e. The second-order valence-electron chi connectivity index (χ2n) is 5.50. The van der Waals surface area contributed by atoms with E-state index < -0.39 is 5.97 Å². The molecule has 2 atom stereocenters. The molecule has 5 nitrogen and oxygen atoms in total. The van der Waals surface area contributed by atoms with E-state index in [-0.39, 0.29) is 17.7 Å². The largest absolute Gasteiger partial charge is 0.462 e. The summed E-state index contributed by atoms with van der Waals surface area (Å²) >= 11 is 1.16. The predicted molar refractivity (Wildman–Crippen MR) is 88.7 cm³/mol. The minimum atomic E-state index is -0.392. The Morgan fingerprint density at radius 2 is 2.09 bits per heavy atom. The number of carbonyl (C=O) groups is 2. The van der Waals surface area contributed by atoms with Crippen molar-refractivity contribution in [2.24, 2.45) is 5.92 Å². The van der Waals surface area contributed by atoms with Crippen LogP contribution in [0.25, 0.3) is 0 Å². The lowest BCUT2D eigenvalue weighted by atomic mass is 10.1. The van der Waals surface area contributed by atoms with Gasteiger partial charge in [-0.05, 0) is 31.7 Å². The molecule has 2 unspecified atom stereocenters. The highest BCUT2D eigenvalue weighted by molar-refractivity contribution is 7.17. The molecule has 1 aromatic carbocycles. The number of rotatable bonds is 5. The van der Waals surface area contributed by atoms with Gasteiger partial charge in [-0.2, -0.15) is 0 Å². The van der Waals surface area contributed by atoms with Gasteiger partial charge in [0.05, 0.1) is 12.3 Å². The summed E-state index contributed by atoms with van der Waals surface area (Å²) < 4.78 is 4.98. The zero-order valence-electron chi connectivity index (χ0n) is 13.0. The maximum atomic E-state index is 12.3. The van der Waals surface area contributed by atoms with Gasteiger partial charge >= 0.3 is 5.97 Å². The fourth-order valence-electron chi connectivity index (χ4n) is 2.59. The Morgan fingerprint density at radius 3 is 2.78 bits per heavy atom. The highest BCUT2D eigenvalue weighted by Gasteiger charge is 2.44. The lowest BCUT2D eigenvalue weighted by Crippen LogP contribution is -2.14. The van der Waals surface area contributed by atoms with Crippen molar-refractivity contribution >= 4 is 28.3 Å². The molecule has 1 aromatic heterocycles. The van der Waals surface area contributed by atoms with Crippen LogP contribution in [0, 0.1) is 12.8 Å². The van der Waals surface area contributed by atoms with E-state index in [0.717, 1.165) is 17.8 Å². The van der Waals surface area contributed by atoms with Crippen LogP contribution < -0.4 is 5.32 Å². The summed E-state index contributed by atoms with van der Waals surface area (Å²) in [6, 6.07) is 10.0. The van der Waals surface area contributed by atoms with Crippen molar-refractivity contribution in [2.75, 3.05) is 11.9 Å². The second kappa shape index (κ2) is 6.50. The van der Waals surface area contributed by atoms with E-state index in [1.54, 1.807) is 13.8 Å². The molecule has 3 rings (SSSR count). The number of aromatic nitrogens is 1. The van der Waals surface area contributed by atoms with Gasteiger partial charge in [0.1, 0.15) is 4.88 Å². The molecule has 0 bridgehead atoms.